The zero-order valence-electron chi connectivity index (χ0n) is 11.0. The summed E-state index contributed by atoms with van der Waals surface area (Å²) in [5.74, 6) is 0.448. The summed E-state index contributed by atoms with van der Waals surface area (Å²) >= 11 is 0. The molecule has 0 aliphatic carbocycles. The first kappa shape index (κ1) is 14.5. The largest absolute Gasteiger partial charge is 0.450 e. The molecule has 0 unspecified atom stereocenters. The predicted octanol–water partition coefficient (Wildman–Crippen LogP) is 2.79. The second-order valence-electron chi connectivity index (χ2n) is 4.24. The summed E-state index contributed by atoms with van der Waals surface area (Å²) in [6.45, 7) is 0.0515. The van der Waals surface area contributed by atoms with Gasteiger partial charge in [0.2, 0.25) is 5.75 Å². The van der Waals surface area contributed by atoms with Crippen molar-refractivity contribution in [3.63, 3.8) is 0 Å². The molecule has 21 heavy (non-hydrogen) atoms. The first-order valence-electron chi connectivity index (χ1n) is 6.21. The molecule has 106 valence electrons. The summed E-state index contributed by atoms with van der Waals surface area (Å²) in [6.07, 6.45) is 0.532. The lowest BCUT2D eigenvalue weighted by atomic mass is 10.1. The molecule has 1 N–H and O–H groups in total. The summed E-state index contributed by atoms with van der Waals surface area (Å²) in [4.78, 5) is 10.4. The number of aliphatic hydroxyl groups excluding tert-OH is 1. The first-order chi connectivity index (χ1) is 10.2. The molecular formula is C15H12N2O4. The maximum Gasteiger partial charge on any atom is 0.329 e. The number of hydrogen-bond donors (Lipinski definition) is 1. The molecule has 2 aromatic carbocycles. The summed E-state index contributed by atoms with van der Waals surface area (Å²) in [5.41, 5.74) is 0.541. The lowest BCUT2D eigenvalue weighted by Gasteiger charge is -2.07. The van der Waals surface area contributed by atoms with Gasteiger partial charge in [0.25, 0.3) is 0 Å². The molecule has 0 aromatic heterocycles. The number of aliphatic hydroxyl groups is 1. The van der Waals surface area contributed by atoms with Gasteiger partial charge in [-0.15, -0.1) is 0 Å². The normalized spacial score (nSPS) is 9.90. The molecular weight excluding hydrogens is 272 g/mol. The number of hydrogen-bond acceptors (Lipinski definition) is 5. The van der Waals surface area contributed by atoms with E-state index in [2.05, 4.69) is 0 Å². The minimum absolute atomic E-state index is 0.0222. The van der Waals surface area contributed by atoms with Crippen LogP contribution in [0.2, 0.25) is 0 Å². The second-order valence-corrected chi connectivity index (χ2v) is 4.24. The number of ether oxygens (including phenoxy) is 1. The molecule has 2 rings (SSSR count). The molecule has 6 nitrogen and oxygen atoms in total. The molecule has 0 fully saturated rings. The summed E-state index contributed by atoms with van der Waals surface area (Å²) in [5, 5.41) is 28.8. The van der Waals surface area contributed by atoms with Crippen LogP contribution in [0.25, 0.3) is 0 Å². The highest BCUT2D eigenvalue weighted by Crippen LogP contribution is 2.33. The number of benzene rings is 2. The van der Waals surface area contributed by atoms with E-state index in [0.717, 1.165) is 5.56 Å². The fourth-order valence-corrected chi connectivity index (χ4v) is 1.86. The standard InChI is InChI=1S/C15H12N2O4/c16-10-12-2-1-3-14(15(12)17(19)20)21-13-6-4-11(5-7-13)8-9-18/h1-7,18H,8-9H2. The van der Waals surface area contributed by atoms with Crippen molar-refractivity contribution in [1.29, 1.82) is 5.26 Å². The van der Waals surface area contributed by atoms with E-state index in [4.69, 9.17) is 15.1 Å². The van der Waals surface area contributed by atoms with E-state index < -0.39 is 4.92 Å². The number of nitro groups is 1. The molecule has 0 spiro atoms. The Morgan fingerprint density at radius 3 is 2.52 bits per heavy atom. The van der Waals surface area contributed by atoms with E-state index in [1.54, 1.807) is 30.3 Å². The number of nitriles is 1. The lowest BCUT2D eigenvalue weighted by molar-refractivity contribution is -0.385. The quantitative estimate of drug-likeness (QED) is 0.672. The van der Waals surface area contributed by atoms with Crippen molar-refractivity contribution >= 4 is 5.69 Å². The predicted molar refractivity (Wildman–Crippen MR) is 75.1 cm³/mol. The van der Waals surface area contributed by atoms with E-state index in [1.807, 2.05) is 0 Å². The van der Waals surface area contributed by atoms with Crippen LogP contribution in [-0.2, 0) is 6.42 Å². The average Bonchev–Trinajstić information content (AvgIpc) is 2.49. The van der Waals surface area contributed by atoms with Crippen LogP contribution in [0.3, 0.4) is 0 Å². The average molecular weight is 284 g/mol. The van der Waals surface area contributed by atoms with Crippen LogP contribution in [0.1, 0.15) is 11.1 Å². The zero-order chi connectivity index (χ0) is 15.2. The van der Waals surface area contributed by atoms with Gasteiger partial charge in [-0.2, -0.15) is 5.26 Å². The molecule has 0 amide bonds. The SMILES string of the molecule is N#Cc1cccc(Oc2ccc(CCO)cc2)c1[N+](=O)[O-]. The monoisotopic (exact) mass is 284 g/mol. The molecule has 2 aromatic rings. The van der Waals surface area contributed by atoms with Crippen molar-refractivity contribution in [2.24, 2.45) is 0 Å². The topological polar surface area (TPSA) is 96.4 Å². The second kappa shape index (κ2) is 6.50. The van der Waals surface area contributed by atoms with Gasteiger partial charge in [0.15, 0.2) is 0 Å². The highest BCUT2D eigenvalue weighted by Gasteiger charge is 2.21. The van der Waals surface area contributed by atoms with Gasteiger partial charge in [0.1, 0.15) is 17.4 Å². The van der Waals surface area contributed by atoms with E-state index in [0.29, 0.717) is 12.2 Å². The van der Waals surface area contributed by atoms with Gasteiger partial charge in [-0.3, -0.25) is 10.1 Å². The Labute approximate surface area is 121 Å². The number of nitro benzene ring substituents is 1. The van der Waals surface area contributed by atoms with Crippen LogP contribution in [0, 0.1) is 21.4 Å². The van der Waals surface area contributed by atoms with Crippen molar-refractivity contribution in [3.8, 4) is 17.6 Å². The van der Waals surface area contributed by atoms with Crippen molar-refractivity contribution < 1.29 is 14.8 Å². The van der Waals surface area contributed by atoms with Gasteiger partial charge < -0.3 is 9.84 Å². The highest BCUT2D eigenvalue weighted by atomic mass is 16.6. The fraction of sp³-hybridized carbons (Fsp3) is 0.133. The molecule has 0 aliphatic heterocycles. The van der Waals surface area contributed by atoms with Gasteiger partial charge >= 0.3 is 5.69 Å². The van der Waals surface area contributed by atoms with E-state index in [-0.39, 0.29) is 23.6 Å². The van der Waals surface area contributed by atoms with Crippen molar-refractivity contribution in [1.82, 2.24) is 0 Å². The molecule has 0 saturated carbocycles. The number of nitrogens with zero attached hydrogens (tertiary/aromatic N) is 2. The van der Waals surface area contributed by atoms with Crippen LogP contribution >= 0.6 is 0 Å². The molecule has 0 saturated heterocycles. The molecule has 0 aliphatic rings. The third-order valence-electron chi connectivity index (χ3n) is 2.85. The summed E-state index contributed by atoms with van der Waals surface area (Å²) < 4.78 is 5.49. The van der Waals surface area contributed by atoms with E-state index in [9.17, 15) is 10.1 Å². The Kier molecular flexibility index (Phi) is 4.49. The summed E-state index contributed by atoms with van der Waals surface area (Å²) in [6, 6.07) is 13.0. The Morgan fingerprint density at radius 1 is 1.24 bits per heavy atom. The van der Waals surface area contributed by atoms with Gasteiger partial charge in [-0.05, 0) is 36.2 Å². The minimum Gasteiger partial charge on any atom is -0.450 e. The number of rotatable bonds is 5. The molecule has 0 bridgehead atoms. The zero-order valence-corrected chi connectivity index (χ0v) is 11.0. The van der Waals surface area contributed by atoms with Crippen LogP contribution in [0.4, 0.5) is 5.69 Å². The fourth-order valence-electron chi connectivity index (χ4n) is 1.86. The Balaban J connectivity index is 2.31. The molecule has 0 heterocycles. The lowest BCUT2D eigenvalue weighted by Crippen LogP contribution is -1.97. The Bertz CT molecular complexity index is 690. The van der Waals surface area contributed by atoms with Gasteiger partial charge in [0.05, 0.1) is 4.92 Å². The van der Waals surface area contributed by atoms with Gasteiger partial charge in [0, 0.05) is 6.61 Å². The van der Waals surface area contributed by atoms with E-state index in [1.165, 1.54) is 18.2 Å². The maximum absolute atomic E-state index is 11.1. The molecule has 6 heteroatoms. The van der Waals surface area contributed by atoms with E-state index >= 15 is 0 Å². The third-order valence-corrected chi connectivity index (χ3v) is 2.85. The van der Waals surface area contributed by atoms with Gasteiger partial charge in [-0.1, -0.05) is 18.2 Å². The number of para-hydroxylation sites is 1. The maximum atomic E-state index is 11.1. The van der Waals surface area contributed by atoms with Crippen LogP contribution in [-0.4, -0.2) is 16.6 Å². The first-order valence-corrected chi connectivity index (χ1v) is 6.21. The van der Waals surface area contributed by atoms with Crippen LogP contribution in [0.5, 0.6) is 11.5 Å². The minimum atomic E-state index is -0.631. The Hall–Kier alpha value is -2.91. The van der Waals surface area contributed by atoms with Crippen molar-refractivity contribution in [3.05, 3.63) is 63.7 Å². The van der Waals surface area contributed by atoms with Crippen LogP contribution in [0.15, 0.2) is 42.5 Å². The van der Waals surface area contributed by atoms with Gasteiger partial charge in [-0.25, -0.2) is 0 Å². The van der Waals surface area contributed by atoms with Crippen molar-refractivity contribution in [2.45, 2.75) is 6.42 Å². The van der Waals surface area contributed by atoms with Crippen LogP contribution < -0.4 is 4.74 Å². The summed E-state index contributed by atoms with van der Waals surface area (Å²) in [7, 11) is 0. The smallest absolute Gasteiger partial charge is 0.329 e. The third kappa shape index (κ3) is 3.35. The molecule has 0 radical (unpaired) electrons. The highest BCUT2D eigenvalue weighted by molar-refractivity contribution is 5.59. The molecule has 0 atom stereocenters. The Morgan fingerprint density at radius 2 is 1.95 bits per heavy atom. The van der Waals surface area contributed by atoms with Crippen molar-refractivity contribution in [2.75, 3.05) is 6.61 Å².